The molecule has 8 aromatic heterocycles. The average Bonchev–Trinajstić information content (AvgIpc) is 1.47. The SMILES string of the molecule is c1ccc(-c2nc(-c3ccc4sc5ccccc5c4c3)nc(-c3cccc4oc5cccc(-c6cccc7c6sc6cc(-c8ccc9c(c8)sc8cc(-c%10ccc%11oc%12ccccc%12c%11c%10-c%10nc(-c%11ccc%12ccccc%12c%11)nc(-c%11ccc%12c(c%11)sc%11ccccc%11%12)n%10)ccc89)ccc67)c5c34)n2)cc1. The summed E-state index contributed by atoms with van der Waals surface area (Å²) in [6, 6.07) is 108. The molecule has 0 aliphatic heterocycles. The minimum absolute atomic E-state index is 0.574. The maximum Gasteiger partial charge on any atom is 0.165 e. The third kappa shape index (κ3) is 9.42. The molecule has 23 aromatic rings. The minimum atomic E-state index is 0.574. The zero-order chi connectivity index (χ0) is 69.2. The molecule has 0 bridgehead atoms. The van der Waals surface area contributed by atoms with Crippen LogP contribution in [-0.4, -0.2) is 29.9 Å². The van der Waals surface area contributed by atoms with Gasteiger partial charge in [-0.15, -0.1) is 45.3 Å². The van der Waals surface area contributed by atoms with Crippen LogP contribution in [0.4, 0.5) is 0 Å². The van der Waals surface area contributed by atoms with Crippen molar-refractivity contribution in [3.8, 4) is 102 Å². The van der Waals surface area contributed by atoms with Gasteiger partial charge in [-0.3, -0.25) is 0 Å². The molecule has 0 aliphatic carbocycles. The van der Waals surface area contributed by atoms with Crippen molar-refractivity contribution in [1.82, 2.24) is 29.9 Å². The summed E-state index contributed by atoms with van der Waals surface area (Å²) in [4.78, 5) is 32.2. The molecule has 0 unspecified atom stereocenters. The third-order valence-electron chi connectivity index (χ3n) is 21.0. The van der Waals surface area contributed by atoms with E-state index in [2.05, 4.69) is 267 Å². The monoisotopic (exact) mass is 1420 g/mol. The van der Waals surface area contributed by atoms with Crippen molar-refractivity contribution in [2.75, 3.05) is 0 Å². The largest absolute Gasteiger partial charge is 0.456 e. The fraction of sp³-hybridized carbons (Fsp3) is 0. The van der Waals surface area contributed by atoms with Crippen molar-refractivity contribution in [2.45, 2.75) is 0 Å². The first kappa shape index (κ1) is 59.6. The van der Waals surface area contributed by atoms with E-state index in [0.29, 0.717) is 34.9 Å². The summed E-state index contributed by atoms with van der Waals surface area (Å²) in [7, 11) is 0. The van der Waals surface area contributed by atoms with Gasteiger partial charge < -0.3 is 8.83 Å². The van der Waals surface area contributed by atoms with Gasteiger partial charge in [0.2, 0.25) is 0 Å². The van der Waals surface area contributed by atoms with Crippen LogP contribution in [0, 0.1) is 0 Å². The molecule has 23 rings (SSSR count). The zero-order valence-electron chi connectivity index (χ0n) is 56.0. The van der Waals surface area contributed by atoms with E-state index in [-0.39, 0.29) is 0 Å². The van der Waals surface area contributed by atoms with Crippen molar-refractivity contribution >= 4 is 181 Å². The van der Waals surface area contributed by atoms with Crippen molar-refractivity contribution in [2.24, 2.45) is 0 Å². The lowest BCUT2D eigenvalue weighted by atomic mass is 9.94. The van der Waals surface area contributed by atoms with Gasteiger partial charge in [0.15, 0.2) is 34.9 Å². The molecule has 12 heteroatoms. The molecule has 0 saturated heterocycles. The van der Waals surface area contributed by atoms with E-state index < -0.39 is 0 Å². The highest BCUT2D eigenvalue weighted by Crippen LogP contribution is 2.50. The molecular formula is C94H50N6O2S4. The first-order chi connectivity index (χ1) is 52.4. The van der Waals surface area contributed by atoms with Gasteiger partial charge in [0.1, 0.15) is 22.3 Å². The Morgan fingerprint density at radius 3 is 1.39 bits per heavy atom. The van der Waals surface area contributed by atoms with Gasteiger partial charge in [-0.2, -0.15) is 0 Å². The van der Waals surface area contributed by atoms with Crippen LogP contribution < -0.4 is 0 Å². The van der Waals surface area contributed by atoms with E-state index in [1.54, 1.807) is 22.7 Å². The second-order valence-electron chi connectivity index (χ2n) is 27.1. The maximum atomic E-state index is 6.83. The Balaban J connectivity index is 0.629. The standard InChI is InChI=1S/C94H50N6O2S4/c1-2-16-52(17-3-1)89-95-91(58-37-44-79-72(46-58)62-20-8-11-30-78(62)103-79)98-93(97-89)71-25-14-28-75-86(71)84-67(22-13-27-74(84)102-75)69-24-12-23-68-66-39-34-55(48-83(66)106-88(68)69)54-33-38-64-65-40-35-56(49-81(65)105-80(64)47-54)60-42-43-76-85(70-21-6-9-26-73(70)101-76)87(60)94-99-90(57-32-31-51-15-4-5-18-53(51)45-57)96-92(100-94)59-36-41-63-61-19-7-10-29-77(61)104-82(63)50-59/h1-50H. The molecule has 8 heterocycles. The molecule has 15 aromatic carbocycles. The number of para-hydroxylation sites is 1. The van der Waals surface area contributed by atoms with E-state index in [1.165, 1.54) is 80.7 Å². The molecule has 0 N–H and O–H groups in total. The Kier molecular flexibility index (Phi) is 13.1. The highest BCUT2D eigenvalue weighted by atomic mass is 32.1. The van der Waals surface area contributed by atoms with Crippen LogP contribution in [0.2, 0.25) is 0 Å². The van der Waals surface area contributed by atoms with Crippen molar-refractivity contribution in [3.63, 3.8) is 0 Å². The highest BCUT2D eigenvalue weighted by Gasteiger charge is 2.26. The first-order valence-corrected chi connectivity index (χ1v) is 38.4. The van der Waals surface area contributed by atoms with Crippen molar-refractivity contribution < 1.29 is 8.83 Å². The summed E-state index contributed by atoms with van der Waals surface area (Å²) in [6.07, 6.45) is 0. The summed E-state index contributed by atoms with van der Waals surface area (Å²) in [5.74, 6) is 3.57. The van der Waals surface area contributed by atoms with Crippen LogP contribution in [0.5, 0.6) is 0 Å². The molecule has 492 valence electrons. The van der Waals surface area contributed by atoms with Gasteiger partial charge in [-0.05, 0) is 130 Å². The Morgan fingerprint density at radius 2 is 0.642 bits per heavy atom. The molecule has 0 aliphatic rings. The summed E-state index contributed by atoms with van der Waals surface area (Å²) < 4.78 is 23.3. The number of nitrogens with zero attached hydrogens (tertiary/aromatic N) is 6. The van der Waals surface area contributed by atoms with Crippen LogP contribution >= 0.6 is 45.3 Å². The maximum absolute atomic E-state index is 6.83. The second kappa shape index (κ2) is 23.3. The molecule has 106 heavy (non-hydrogen) atoms. The van der Waals surface area contributed by atoms with E-state index >= 15 is 0 Å². The molecule has 8 nitrogen and oxygen atoms in total. The van der Waals surface area contributed by atoms with Crippen molar-refractivity contribution in [3.05, 3.63) is 303 Å². The summed E-state index contributed by atoms with van der Waals surface area (Å²) in [5.41, 5.74) is 15.2. The van der Waals surface area contributed by atoms with Gasteiger partial charge >= 0.3 is 0 Å². The molecule has 0 radical (unpaired) electrons. The zero-order valence-corrected chi connectivity index (χ0v) is 59.3. The van der Waals surface area contributed by atoms with Gasteiger partial charge in [0, 0.05) is 141 Å². The number of fused-ring (bicyclic) bond motifs is 19. The van der Waals surface area contributed by atoms with Gasteiger partial charge in [-0.25, -0.2) is 29.9 Å². The number of hydrogen-bond donors (Lipinski definition) is 0. The summed E-state index contributed by atoms with van der Waals surface area (Å²) in [6.45, 7) is 0. The van der Waals surface area contributed by atoms with Crippen LogP contribution in [-0.2, 0) is 0 Å². The number of furan rings is 2. The number of rotatable bonds is 9. The number of benzene rings is 15. The quantitative estimate of drug-likeness (QED) is 0.141. The second-order valence-corrected chi connectivity index (χ2v) is 31.4. The Bertz CT molecular complexity index is 7690. The van der Waals surface area contributed by atoms with E-state index in [1.807, 2.05) is 59.1 Å². The topological polar surface area (TPSA) is 104 Å². The van der Waals surface area contributed by atoms with Crippen LogP contribution in [0.25, 0.3) is 237 Å². The summed E-state index contributed by atoms with van der Waals surface area (Å²) in [5, 5.41) is 16.0. The third-order valence-corrected chi connectivity index (χ3v) is 25.6. The number of aromatic nitrogens is 6. The number of hydrogen-bond acceptors (Lipinski definition) is 12. The fourth-order valence-corrected chi connectivity index (χ4v) is 20.7. The Hall–Kier alpha value is -12.9. The highest BCUT2D eigenvalue weighted by molar-refractivity contribution is 7.27. The Morgan fingerprint density at radius 1 is 0.198 bits per heavy atom. The lowest BCUT2D eigenvalue weighted by Crippen LogP contribution is -2.01. The minimum Gasteiger partial charge on any atom is -0.456 e. The van der Waals surface area contributed by atoms with E-state index in [9.17, 15) is 0 Å². The predicted molar refractivity (Wildman–Crippen MR) is 446 cm³/mol. The summed E-state index contributed by atoms with van der Waals surface area (Å²) >= 11 is 7.26. The fourth-order valence-electron chi connectivity index (χ4n) is 16.0. The predicted octanol–water partition coefficient (Wildman–Crippen LogP) is 27.5. The van der Waals surface area contributed by atoms with E-state index in [0.717, 1.165) is 121 Å². The van der Waals surface area contributed by atoms with E-state index in [4.69, 9.17) is 38.7 Å². The normalized spacial score (nSPS) is 12.2. The van der Waals surface area contributed by atoms with Crippen LogP contribution in [0.3, 0.4) is 0 Å². The molecule has 0 saturated carbocycles. The molecule has 0 atom stereocenters. The molecule has 0 amide bonds. The van der Waals surface area contributed by atoms with Crippen molar-refractivity contribution in [1.29, 1.82) is 0 Å². The molecular weight excluding hydrogens is 1370 g/mol. The lowest BCUT2D eigenvalue weighted by Gasteiger charge is -2.14. The average molecular weight is 1420 g/mol. The lowest BCUT2D eigenvalue weighted by molar-refractivity contribution is 0.668. The Labute approximate surface area is 619 Å². The van der Waals surface area contributed by atoms with Gasteiger partial charge in [-0.1, -0.05) is 212 Å². The van der Waals surface area contributed by atoms with Crippen LogP contribution in [0.1, 0.15) is 0 Å². The first-order valence-electron chi connectivity index (χ1n) is 35.2. The van der Waals surface area contributed by atoms with Gasteiger partial charge in [0.05, 0.1) is 0 Å². The molecule has 0 spiro atoms. The molecule has 0 fully saturated rings. The smallest absolute Gasteiger partial charge is 0.165 e. The van der Waals surface area contributed by atoms with Gasteiger partial charge in [0.25, 0.3) is 0 Å². The number of thiophene rings is 4. The van der Waals surface area contributed by atoms with Crippen LogP contribution in [0.15, 0.2) is 312 Å².